The first kappa shape index (κ1) is 30.0. The van der Waals surface area contributed by atoms with E-state index in [2.05, 4.69) is 124 Å². The normalized spacial score (nSPS) is 15.6. The van der Waals surface area contributed by atoms with Crippen LogP contribution in [0, 0.1) is 19.8 Å². The van der Waals surface area contributed by atoms with Gasteiger partial charge in [0, 0.05) is 34.6 Å². The van der Waals surface area contributed by atoms with Crippen molar-refractivity contribution in [2.75, 3.05) is 5.75 Å². The van der Waals surface area contributed by atoms with E-state index in [-0.39, 0.29) is 0 Å². The van der Waals surface area contributed by atoms with Crippen LogP contribution in [-0.4, -0.2) is 21.3 Å². The summed E-state index contributed by atoms with van der Waals surface area (Å²) in [5, 5.41) is 0. The fourth-order valence-corrected chi connectivity index (χ4v) is 5.25. The molecule has 0 saturated carbocycles. The highest BCUT2D eigenvalue weighted by molar-refractivity contribution is 7.99. The molecule has 2 aromatic heterocycles. The van der Waals surface area contributed by atoms with Gasteiger partial charge in [-0.25, -0.2) is 4.99 Å². The molecule has 0 saturated heterocycles. The molecular weight excluding hydrogens is 496 g/mol. The van der Waals surface area contributed by atoms with Gasteiger partial charge >= 0.3 is 0 Å². The largest absolute Gasteiger partial charge is 0.369 e. The molecule has 1 aliphatic rings. The molecular formula is C34H42N4S. The van der Waals surface area contributed by atoms with Crippen molar-refractivity contribution >= 4 is 29.9 Å². The first-order valence-corrected chi connectivity index (χ1v) is 14.7. The highest BCUT2D eigenvalue weighted by Gasteiger charge is 2.12. The summed E-state index contributed by atoms with van der Waals surface area (Å²) in [7, 11) is 0. The minimum atomic E-state index is 0.299. The van der Waals surface area contributed by atoms with Crippen molar-refractivity contribution in [1.82, 2.24) is 9.55 Å². The van der Waals surface area contributed by atoms with E-state index in [9.17, 15) is 0 Å². The minimum absolute atomic E-state index is 0.299. The summed E-state index contributed by atoms with van der Waals surface area (Å²) in [6.45, 7) is 15.0. The highest BCUT2D eigenvalue weighted by atomic mass is 32.2. The van der Waals surface area contributed by atoms with Gasteiger partial charge in [-0.1, -0.05) is 75.9 Å². The van der Waals surface area contributed by atoms with E-state index < -0.39 is 0 Å². The molecule has 0 bridgehead atoms. The lowest BCUT2D eigenvalue weighted by molar-refractivity contribution is 0.790. The molecule has 39 heavy (non-hydrogen) atoms. The van der Waals surface area contributed by atoms with Crippen LogP contribution in [0.1, 0.15) is 61.7 Å². The Labute approximate surface area is 239 Å². The van der Waals surface area contributed by atoms with Crippen LogP contribution in [0.15, 0.2) is 101 Å². The molecule has 1 aliphatic carbocycles. The summed E-state index contributed by atoms with van der Waals surface area (Å²) < 4.78 is 2.07. The molecule has 3 rings (SSSR count). The zero-order valence-corrected chi connectivity index (χ0v) is 24.8. The molecule has 4 nitrogen and oxygen atoms in total. The van der Waals surface area contributed by atoms with E-state index in [1.807, 2.05) is 12.4 Å². The van der Waals surface area contributed by atoms with Crippen molar-refractivity contribution in [2.45, 2.75) is 58.8 Å². The fourth-order valence-electron chi connectivity index (χ4n) is 4.56. The van der Waals surface area contributed by atoms with Gasteiger partial charge < -0.3 is 5.73 Å². The van der Waals surface area contributed by atoms with Gasteiger partial charge in [-0.3, -0.25) is 9.55 Å². The van der Waals surface area contributed by atoms with E-state index in [0.29, 0.717) is 11.9 Å². The zero-order valence-electron chi connectivity index (χ0n) is 24.0. The number of pyridine rings is 1. The maximum atomic E-state index is 6.84. The molecule has 1 atom stereocenters. The van der Waals surface area contributed by atoms with E-state index in [1.165, 1.54) is 11.1 Å². The van der Waals surface area contributed by atoms with Crippen molar-refractivity contribution in [3.05, 3.63) is 119 Å². The third kappa shape index (κ3) is 8.46. The van der Waals surface area contributed by atoms with Gasteiger partial charge in [0.2, 0.25) is 5.96 Å². The predicted octanol–water partition coefficient (Wildman–Crippen LogP) is 8.61. The van der Waals surface area contributed by atoms with E-state index in [1.54, 1.807) is 11.8 Å². The Morgan fingerprint density at radius 2 is 1.97 bits per heavy atom. The summed E-state index contributed by atoms with van der Waals surface area (Å²) in [6, 6.07) is 10.5. The standard InChI is InChI=1S/C34H42N4S/c1-7-30(21-28-22-31(39-9-3)24-36-23-28)37-34(35)38-27(6)16-14-13-15-26(5)32(8-2)33(38)20-19-25(4)29-17-11-10-12-18-29/h10-17,19-24,29H,4,7-9,18H2,1-3,5-6H3,(H2,35,37)/b14-13?,20-19-,26-15?,27-16?,30-21-,33-32?. The number of aryl methyl sites for hydroxylation is 2. The Morgan fingerprint density at radius 3 is 2.67 bits per heavy atom. The van der Waals surface area contributed by atoms with E-state index >= 15 is 0 Å². The number of hydrogen-bond donors (Lipinski definition) is 1. The number of nitrogens with two attached hydrogens (primary N) is 1. The minimum Gasteiger partial charge on any atom is -0.369 e. The number of allylic oxidation sites excluding steroid dienone is 7. The summed E-state index contributed by atoms with van der Waals surface area (Å²) in [6.07, 6.45) is 21.3. The number of hydrogen-bond acceptors (Lipinski definition) is 3. The quantitative estimate of drug-likeness (QED) is 0.150. The lowest BCUT2D eigenvalue weighted by Crippen LogP contribution is -2.26. The zero-order chi connectivity index (χ0) is 28.2. The SMILES string of the molecule is C=C(/C=C\c1c(CC)c(C)ccccc(C)n1/C(N)=N/C(=C\c1cncc(SCC)c1)CC)C1C=CC=CC1. The molecule has 204 valence electrons. The average Bonchev–Trinajstić information content (AvgIpc) is 2.99. The molecule has 2 N–H and O–H groups in total. The Balaban J connectivity index is 2.18. The summed E-state index contributed by atoms with van der Waals surface area (Å²) in [4.78, 5) is 10.5. The molecule has 2 heterocycles. The van der Waals surface area contributed by atoms with Crippen LogP contribution in [0.4, 0.5) is 0 Å². The number of aliphatic imine (C=N–C) groups is 1. The van der Waals surface area contributed by atoms with Crippen LogP contribution in [-0.2, 0) is 6.42 Å². The lowest BCUT2D eigenvalue weighted by atomic mass is 9.92. The van der Waals surface area contributed by atoms with Crippen LogP contribution in [0.2, 0.25) is 0 Å². The van der Waals surface area contributed by atoms with Crippen molar-refractivity contribution < 1.29 is 0 Å². The Kier molecular flexibility index (Phi) is 11.6. The summed E-state index contributed by atoms with van der Waals surface area (Å²) in [5.41, 5.74) is 14.2. The van der Waals surface area contributed by atoms with Gasteiger partial charge in [0.25, 0.3) is 0 Å². The van der Waals surface area contributed by atoms with Gasteiger partial charge in [0.05, 0.1) is 5.69 Å². The summed E-state index contributed by atoms with van der Waals surface area (Å²) in [5.74, 6) is 1.74. The number of aromatic nitrogens is 2. The van der Waals surface area contributed by atoms with Crippen LogP contribution >= 0.6 is 11.8 Å². The van der Waals surface area contributed by atoms with Crippen molar-refractivity contribution in [3.63, 3.8) is 0 Å². The smallest absolute Gasteiger partial charge is 0.205 e. The van der Waals surface area contributed by atoms with Crippen LogP contribution in [0.5, 0.6) is 0 Å². The Bertz CT molecular complexity index is 1370. The monoisotopic (exact) mass is 538 g/mol. The molecule has 2 aromatic rings. The first-order chi connectivity index (χ1) is 18.9. The molecule has 0 aromatic carbocycles. The van der Waals surface area contributed by atoms with Crippen LogP contribution in [0.25, 0.3) is 12.2 Å². The second-order valence-electron chi connectivity index (χ2n) is 9.51. The van der Waals surface area contributed by atoms with Gasteiger partial charge in [0.1, 0.15) is 0 Å². The lowest BCUT2D eigenvalue weighted by Gasteiger charge is -2.17. The number of rotatable bonds is 9. The Morgan fingerprint density at radius 1 is 1.18 bits per heavy atom. The van der Waals surface area contributed by atoms with Gasteiger partial charge in [-0.15, -0.1) is 11.8 Å². The van der Waals surface area contributed by atoms with Gasteiger partial charge in [-0.05, 0) is 85.4 Å². The molecule has 0 radical (unpaired) electrons. The molecule has 0 spiro atoms. The summed E-state index contributed by atoms with van der Waals surface area (Å²) >= 11 is 1.78. The fraction of sp³-hybridized carbons (Fsp3) is 0.294. The van der Waals surface area contributed by atoms with Crippen LogP contribution in [0.3, 0.4) is 0 Å². The second kappa shape index (κ2) is 15.1. The number of nitrogens with zero attached hydrogens (tertiary/aromatic N) is 3. The second-order valence-corrected chi connectivity index (χ2v) is 10.8. The van der Waals surface area contributed by atoms with Gasteiger partial charge in [-0.2, -0.15) is 0 Å². The molecule has 1 unspecified atom stereocenters. The molecule has 0 aliphatic heterocycles. The number of thioether (sulfide) groups is 1. The van der Waals surface area contributed by atoms with Crippen molar-refractivity contribution in [1.29, 1.82) is 0 Å². The van der Waals surface area contributed by atoms with E-state index in [4.69, 9.17) is 10.7 Å². The predicted molar refractivity (Wildman–Crippen MR) is 171 cm³/mol. The van der Waals surface area contributed by atoms with Crippen molar-refractivity contribution in [2.24, 2.45) is 16.6 Å². The van der Waals surface area contributed by atoms with Gasteiger partial charge in [0.15, 0.2) is 0 Å². The molecule has 0 fully saturated rings. The van der Waals surface area contributed by atoms with Crippen molar-refractivity contribution in [3.8, 4) is 0 Å². The third-order valence-corrected chi connectivity index (χ3v) is 7.51. The molecule has 0 amide bonds. The molecule has 5 heteroatoms. The maximum Gasteiger partial charge on any atom is 0.205 e. The maximum absolute atomic E-state index is 6.84. The topological polar surface area (TPSA) is 56.2 Å². The third-order valence-electron chi connectivity index (χ3n) is 6.67. The first-order valence-electron chi connectivity index (χ1n) is 13.8. The average molecular weight is 539 g/mol. The van der Waals surface area contributed by atoms with E-state index in [0.717, 1.165) is 58.1 Å². The highest BCUT2D eigenvalue weighted by Crippen LogP contribution is 2.24. The Hall–Kier alpha value is -3.57. The van der Waals surface area contributed by atoms with Crippen LogP contribution < -0.4 is 5.73 Å².